The van der Waals surface area contributed by atoms with Gasteiger partial charge in [-0.3, -0.25) is 4.79 Å². The van der Waals surface area contributed by atoms with Gasteiger partial charge in [0, 0.05) is 19.0 Å². The Kier molecular flexibility index (Phi) is 3.96. The molecule has 0 spiro atoms. The summed E-state index contributed by atoms with van der Waals surface area (Å²) in [7, 11) is 0. The van der Waals surface area contributed by atoms with Crippen LogP contribution in [0, 0.1) is 0 Å². The Bertz CT molecular complexity index is 441. The van der Waals surface area contributed by atoms with Gasteiger partial charge in [0.25, 0.3) is 0 Å². The number of carbonyl (C=O) groups is 2. The fourth-order valence-electron chi connectivity index (χ4n) is 2.06. The van der Waals surface area contributed by atoms with Crippen LogP contribution in [0.25, 0.3) is 0 Å². The number of aromatic nitrogens is 1. The van der Waals surface area contributed by atoms with E-state index in [1.165, 1.54) is 6.07 Å². The normalized spacial score (nSPS) is 17.3. The van der Waals surface area contributed by atoms with Crippen molar-refractivity contribution >= 4 is 11.9 Å². The molecule has 98 valence electrons. The van der Waals surface area contributed by atoms with Crippen molar-refractivity contribution in [3.8, 4) is 0 Å². The van der Waals surface area contributed by atoms with Crippen LogP contribution in [-0.2, 0) is 11.3 Å². The molecular weight excluding hydrogens is 236 g/mol. The predicted octanol–water partition coefficient (Wildman–Crippen LogP) is 1.67. The van der Waals surface area contributed by atoms with E-state index in [0.717, 1.165) is 25.7 Å². The summed E-state index contributed by atoms with van der Waals surface area (Å²) in [6.45, 7) is 1.00. The molecule has 1 aliphatic rings. The number of aromatic carboxylic acids is 1. The van der Waals surface area contributed by atoms with Crippen molar-refractivity contribution in [1.82, 2.24) is 10.1 Å². The highest BCUT2D eigenvalue weighted by molar-refractivity contribution is 5.85. The van der Waals surface area contributed by atoms with Gasteiger partial charge in [-0.15, -0.1) is 0 Å². The van der Waals surface area contributed by atoms with Crippen molar-refractivity contribution in [3.63, 3.8) is 0 Å². The molecular formula is C12H16N2O4. The highest BCUT2D eigenvalue weighted by Gasteiger charge is 2.19. The van der Waals surface area contributed by atoms with E-state index in [4.69, 9.17) is 9.63 Å². The Labute approximate surface area is 105 Å². The Balaban J connectivity index is 2.01. The van der Waals surface area contributed by atoms with Crippen LogP contribution in [0.4, 0.5) is 0 Å². The molecule has 1 saturated heterocycles. The zero-order valence-corrected chi connectivity index (χ0v) is 10.1. The fraction of sp³-hybridized carbons (Fsp3) is 0.583. The number of amides is 1. The third-order valence-electron chi connectivity index (χ3n) is 3.05. The van der Waals surface area contributed by atoms with Crippen molar-refractivity contribution in [2.75, 3.05) is 6.54 Å². The number of carboxylic acids is 1. The van der Waals surface area contributed by atoms with E-state index in [-0.39, 0.29) is 11.6 Å². The average molecular weight is 252 g/mol. The number of carboxylic acid groups (broad SMARTS) is 1. The molecule has 0 bridgehead atoms. The van der Waals surface area contributed by atoms with Gasteiger partial charge in [0.05, 0.1) is 6.54 Å². The van der Waals surface area contributed by atoms with E-state index in [2.05, 4.69) is 5.16 Å². The second kappa shape index (κ2) is 5.66. The largest absolute Gasteiger partial charge is 0.476 e. The molecule has 1 aromatic rings. The molecule has 0 unspecified atom stereocenters. The third kappa shape index (κ3) is 3.09. The predicted molar refractivity (Wildman–Crippen MR) is 62.0 cm³/mol. The summed E-state index contributed by atoms with van der Waals surface area (Å²) in [4.78, 5) is 24.2. The minimum Gasteiger partial charge on any atom is -0.476 e. The monoisotopic (exact) mass is 252 g/mol. The van der Waals surface area contributed by atoms with Crippen molar-refractivity contribution in [3.05, 3.63) is 17.5 Å². The molecule has 6 heteroatoms. The summed E-state index contributed by atoms with van der Waals surface area (Å²) in [5.74, 6) is -0.603. The molecule has 1 fully saturated rings. The van der Waals surface area contributed by atoms with E-state index in [9.17, 15) is 9.59 Å². The van der Waals surface area contributed by atoms with Gasteiger partial charge < -0.3 is 14.5 Å². The summed E-state index contributed by atoms with van der Waals surface area (Å²) >= 11 is 0. The highest BCUT2D eigenvalue weighted by Crippen LogP contribution is 2.15. The molecule has 18 heavy (non-hydrogen) atoms. The molecule has 2 heterocycles. The maximum Gasteiger partial charge on any atom is 0.358 e. The summed E-state index contributed by atoms with van der Waals surface area (Å²) in [6.07, 6.45) is 4.68. The smallest absolute Gasteiger partial charge is 0.358 e. The Morgan fingerprint density at radius 2 is 2.17 bits per heavy atom. The van der Waals surface area contributed by atoms with Crippen molar-refractivity contribution < 1.29 is 19.2 Å². The molecule has 1 amide bonds. The Morgan fingerprint density at radius 3 is 2.89 bits per heavy atom. The quantitative estimate of drug-likeness (QED) is 0.884. The van der Waals surface area contributed by atoms with Gasteiger partial charge in [-0.25, -0.2) is 4.79 Å². The molecule has 1 aliphatic heterocycles. The zero-order chi connectivity index (χ0) is 13.0. The molecule has 0 aliphatic carbocycles. The van der Waals surface area contributed by atoms with E-state index in [1.807, 2.05) is 0 Å². The molecule has 1 N–H and O–H groups in total. The molecule has 1 aromatic heterocycles. The molecule has 0 radical (unpaired) electrons. The summed E-state index contributed by atoms with van der Waals surface area (Å²) in [6, 6.07) is 1.37. The van der Waals surface area contributed by atoms with E-state index < -0.39 is 5.97 Å². The van der Waals surface area contributed by atoms with Crippen molar-refractivity contribution in [1.29, 1.82) is 0 Å². The maximum atomic E-state index is 11.9. The van der Waals surface area contributed by atoms with E-state index >= 15 is 0 Å². The molecule has 0 aromatic carbocycles. The lowest BCUT2D eigenvalue weighted by atomic mass is 10.1. The fourth-order valence-corrected chi connectivity index (χ4v) is 2.06. The molecule has 0 atom stereocenters. The van der Waals surface area contributed by atoms with Gasteiger partial charge in [-0.1, -0.05) is 18.0 Å². The van der Waals surface area contributed by atoms with Crippen molar-refractivity contribution in [2.24, 2.45) is 0 Å². The van der Waals surface area contributed by atoms with E-state index in [1.54, 1.807) is 4.90 Å². The molecule has 0 saturated carbocycles. The first kappa shape index (κ1) is 12.6. The minimum atomic E-state index is -1.12. The number of hydrogen-bond acceptors (Lipinski definition) is 4. The Morgan fingerprint density at radius 1 is 1.39 bits per heavy atom. The SMILES string of the molecule is O=C(O)c1cc(CN2CCCCCCC2=O)on1. The number of likely N-dealkylation sites (tertiary alicyclic amines) is 1. The summed E-state index contributed by atoms with van der Waals surface area (Å²) < 4.78 is 4.92. The van der Waals surface area contributed by atoms with Crippen LogP contribution in [0.5, 0.6) is 0 Å². The lowest BCUT2D eigenvalue weighted by Gasteiger charge is -2.23. The van der Waals surface area contributed by atoms with Gasteiger partial charge in [0.2, 0.25) is 5.91 Å². The lowest BCUT2D eigenvalue weighted by molar-refractivity contribution is -0.132. The zero-order valence-electron chi connectivity index (χ0n) is 10.1. The lowest BCUT2D eigenvalue weighted by Crippen LogP contribution is -2.32. The number of nitrogens with zero attached hydrogens (tertiary/aromatic N) is 2. The first-order valence-electron chi connectivity index (χ1n) is 6.13. The topological polar surface area (TPSA) is 83.6 Å². The van der Waals surface area contributed by atoms with Gasteiger partial charge in [0.1, 0.15) is 0 Å². The Hall–Kier alpha value is -1.85. The van der Waals surface area contributed by atoms with Crippen LogP contribution < -0.4 is 0 Å². The first-order valence-corrected chi connectivity index (χ1v) is 6.13. The molecule has 2 rings (SSSR count). The van der Waals surface area contributed by atoms with Crippen molar-refractivity contribution in [2.45, 2.75) is 38.6 Å². The van der Waals surface area contributed by atoms with E-state index in [0.29, 0.717) is 25.3 Å². The van der Waals surface area contributed by atoms with Gasteiger partial charge in [0.15, 0.2) is 11.5 Å². The number of rotatable bonds is 3. The summed E-state index contributed by atoms with van der Waals surface area (Å²) in [5, 5.41) is 12.2. The maximum absolute atomic E-state index is 11.9. The van der Waals surface area contributed by atoms with Gasteiger partial charge in [-0.2, -0.15) is 0 Å². The van der Waals surface area contributed by atoms with Crippen LogP contribution in [-0.4, -0.2) is 33.6 Å². The minimum absolute atomic E-state index is 0.1000. The van der Waals surface area contributed by atoms with Crippen LogP contribution in [0.15, 0.2) is 10.6 Å². The number of carbonyl (C=O) groups excluding carboxylic acids is 1. The number of hydrogen-bond donors (Lipinski definition) is 1. The van der Waals surface area contributed by atoms with Gasteiger partial charge >= 0.3 is 5.97 Å². The third-order valence-corrected chi connectivity index (χ3v) is 3.05. The molecule has 6 nitrogen and oxygen atoms in total. The first-order chi connectivity index (χ1) is 8.66. The van der Waals surface area contributed by atoms with Crippen LogP contribution in [0.1, 0.15) is 48.4 Å². The van der Waals surface area contributed by atoms with Crippen LogP contribution in [0.3, 0.4) is 0 Å². The highest BCUT2D eigenvalue weighted by atomic mass is 16.5. The second-order valence-electron chi connectivity index (χ2n) is 4.46. The van der Waals surface area contributed by atoms with Crippen LogP contribution in [0.2, 0.25) is 0 Å². The standard InChI is InChI=1S/C12H16N2O4/c15-11-5-3-1-2-4-6-14(11)8-9-7-10(12(16)17)13-18-9/h7H,1-6,8H2,(H,16,17). The van der Waals surface area contributed by atoms with Crippen LogP contribution >= 0.6 is 0 Å². The van der Waals surface area contributed by atoms with Gasteiger partial charge in [-0.05, 0) is 12.8 Å². The average Bonchev–Trinajstić information content (AvgIpc) is 2.77. The second-order valence-corrected chi connectivity index (χ2v) is 4.46. The summed E-state index contributed by atoms with van der Waals surface area (Å²) in [5.41, 5.74) is -0.121.